The normalized spacial score (nSPS) is 10.6. The summed E-state index contributed by atoms with van der Waals surface area (Å²) in [5.74, 6) is -2.08. The van der Waals surface area contributed by atoms with E-state index in [0.717, 1.165) is 17.2 Å². The molecule has 0 bridgehead atoms. The Morgan fingerprint density at radius 3 is 2.39 bits per heavy atom. The van der Waals surface area contributed by atoms with Crippen molar-refractivity contribution in [3.63, 3.8) is 0 Å². The quantitative estimate of drug-likeness (QED) is 0.305. The van der Waals surface area contributed by atoms with Crippen molar-refractivity contribution in [1.29, 1.82) is 0 Å². The number of benzene rings is 3. The van der Waals surface area contributed by atoms with Crippen molar-refractivity contribution >= 4 is 39.9 Å². The fourth-order valence-electron chi connectivity index (χ4n) is 3.08. The van der Waals surface area contributed by atoms with Crippen LogP contribution in [-0.4, -0.2) is 23.5 Å². The fraction of sp³-hybridized carbons (Fsp3) is 0.0800. The highest BCUT2D eigenvalue weighted by atomic mass is 35.5. The van der Waals surface area contributed by atoms with Gasteiger partial charge in [-0.3, -0.25) is 9.69 Å². The minimum atomic E-state index is -0.901. The maximum absolute atomic E-state index is 13.9. The number of hydrogen-bond donors (Lipinski definition) is 0. The van der Waals surface area contributed by atoms with Crippen molar-refractivity contribution in [3.05, 3.63) is 106 Å². The van der Waals surface area contributed by atoms with Gasteiger partial charge in [0.15, 0.2) is 11.7 Å². The van der Waals surface area contributed by atoms with Gasteiger partial charge in [0, 0.05) is 16.0 Å². The fourth-order valence-corrected chi connectivity index (χ4v) is 4.06. The highest BCUT2D eigenvalue weighted by Gasteiger charge is 2.22. The molecule has 33 heavy (non-hydrogen) atoms. The van der Waals surface area contributed by atoms with Gasteiger partial charge in [-0.05, 0) is 29.8 Å². The maximum atomic E-state index is 13.9. The van der Waals surface area contributed by atoms with Crippen LogP contribution in [0.4, 0.5) is 9.52 Å². The molecule has 4 aromatic rings. The second-order valence-electron chi connectivity index (χ2n) is 7.04. The zero-order valence-corrected chi connectivity index (χ0v) is 18.9. The molecule has 0 unspecified atom stereocenters. The van der Waals surface area contributed by atoms with Crippen LogP contribution >= 0.6 is 22.9 Å². The molecule has 0 aliphatic heterocycles. The van der Waals surface area contributed by atoms with Gasteiger partial charge in [-0.15, -0.1) is 11.3 Å². The molecule has 0 fully saturated rings. The predicted molar refractivity (Wildman–Crippen MR) is 127 cm³/mol. The summed E-state index contributed by atoms with van der Waals surface area (Å²) < 4.78 is 19.0. The summed E-state index contributed by atoms with van der Waals surface area (Å²) in [4.78, 5) is 31.4. The zero-order valence-electron chi connectivity index (χ0n) is 17.3. The molecule has 1 aromatic heterocycles. The predicted octanol–water partition coefficient (Wildman–Crippen LogP) is 5.99. The monoisotopic (exact) mass is 480 g/mol. The van der Waals surface area contributed by atoms with E-state index in [1.165, 1.54) is 34.4 Å². The van der Waals surface area contributed by atoms with Crippen molar-refractivity contribution in [3.8, 4) is 11.3 Å². The summed E-state index contributed by atoms with van der Waals surface area (Å²) in [6.45, 7) is -0.305. The molecule has 0 atom stereocenters. The van der Waals surface area contributed by atoms with E-state index < -0.39 is 24.3 Å². The highest BCUT2D eigenvalue weighted by Crippen LogP contribution is 2.29. The molecule has 1 heterocycles. The molecule has 1 amide bonds. The summed E-state index contributed by atoms with van der Waals surface area (Å²) in [7, 11) is 0. The Bertz CT molecular complexity index is 1260. The average molecular weight is 481 g/mol. The molecule has 0 spiro atoms. The number of esters is 1. The molecule has 0 aliphatic rings. The Morgan fingerprint density at radius 2 is 1.67 bits per heavy atom. The first kappa shape index (κ1) is 22.6. The summed E-state index contributed by atoms with van der Waals surface area (Å²) in [6.07, 6.45) is 0. The zero-order chi connectivity index (χ0) is 23.2. The lowest BCUT2D eigenvalue weighted by atomic mass is 10.2. The molecule has 0 radical (unpaired) electrons. The van der Waals surface area contributed by atoms with Crippen LogP contribution < -0.4 is 4.90 Å². The van der Waals surface area contributed by atoms with Gasteiger partial charge in [-0.1, -0.05) is 66.2 Å². The van der Waals surface area contributed by atoms with E-state index >= 15 is 0 Å². The average Bonchev–Trinajstić information content (AvgIpc) is 3.32. The van der Waals surface area contributed by atoms with E-state index in [4.69, 9.17) is 16.3 Å². The van der Waals surface area contributed by atoms with Gasteiger partial charge in [0.05, 0.1) is 17.8 Å². The van der Waals surface area contributed by atoms with Crippen LogP contribution in [0.25, 0.3) is 11.3 Å². The number of hydrogen-bond acceptors (Lipinski definition) is 5. The van der Waals surface area contributed by atoms with E-state index in [2.05, 4.69) is 4.98 Å². The lowest BCUT2D eigenvalue weighted by Gasteiger charge is -2.20. The van der Waals surface area contributed by atoms with Gasteiger partial charge < -0.3 is 4.74 Å². The van der Waals surface area contributed by atoms with Crippen molar-refractivity contribution in [2.24, 2.45) is 0 Å². The Morgan fingerprint density at radius 1 is 0.970 bits per heavy atom. The Kier molecular flexibility index (Phi) is 7.12. The van der Waals surface area contributed by atoms with E-state index in [0.29, 0.717) is 15.8 Å². The van der Waals surface area contributed by atoms with E-state index in [1.807, 2.05) is 47.8 Å². The Labute approximate surface area is 199 Å². The molecule has 0 saturated carbocycles. The van der Waals surface area contributed by atoms with Gasteiger partial charge in [0.25, 0.3) is 5.91 Å². The number of carbonyl (C=O) groups excluding carboxylic acids is 2. The number of nitrogens with zero attached hydrogens (tertiary/aromatic N) is 2. The summed E-state index contributed by atoms with van der Waals surface area (Å²) in [5.41, 5.74) is 2.22. The van der Waals surface area contributed by atoms with Gasteiger partial charge in [-0.2, -0.15) is 0 Å². The second kappa shape index (κ2) is 10.4. The number of thiazole rings is 1. The number of ether oxygens (including phenoxy) is 1. The van der Waals surface area contributed by atoms with Crippen molar-refractivity contribution in [2.45, 2.75) is 6.54 Å². The summed E-state index contributed by atoms with van der Waals surface area (Å²) in [5, 5.41) is 2.91. The Balaban J connectivity index is 1.54. The van der Waals surface area contributed by atoms with Crippen molar-refractivity contribution in [1.82, 2.24) is 4.98 Å². The highest BCUT2D eigenvalue weighted by molar-refractivity contribution is 7.14. The SMILES string of the molecule is O=C(OCC(=O)N(Cc1ccccc1)c1nc(-c2ccc(Cl)cc2)cs1)c1ccccc1F. The van der Waals surface area contributed by atoms with E-state index in [-0.39, 0.29) is 12.1 Å². The van der Waals surface area contributed by atoms with E-state index in [9.17, 15) is 14.0 Å². The third-order valence-electron chi connectivity index (χ3n) is 4.77. The number of anilines is 1. The minimum absolute atomic E-state index is 0.223. The largest absolute Gasteiger partial charge is 0.452 e. The lowest BCUT2D eigenvalue weighted by Crippen LogP contribution is -2.34. The van der Waals surface area contributed by atoms with E-state index in [1.54, 1.807) is 12.1 Å². The molecule has 166 valence electrons. The maximum Gasteiger partial charge on any atom is 0.341 e. The first-order valence-electron chi connectivity index (χ1n) is 9.98. The van der Waals surface area contributed by atoms with Gasteiger partial charge >= 0.3 is 5.97 Å². The van der Waals surface area contributed by atoms with Crippen molar-refractivity contribution < 1.29 is 18.7 Å². The number of rotatable bonds is 7. The van der Waals surface area contributed by atoms with Gasteiger partial charge in [0.2, 0.25) is 0 Å². The summed E-state index contributed by atoms with van der Waals surface area (Å²) >= 11 is 7.26. The third-order valence-corrected chi connectivity index (χ3v) is 5.88. The van der Waals surface area contributed by atoms with Crippen molar-refractivity contribution in [2.75, 3.05) is 11.5 Å². The topological polar surface area (TPSA) is 59.5 Å². The third kappa shape index (κ3) is 5.63. The molecular formula is C25H18ClFN2O3S. The molecule has 0 aliphatic carbocycles. The number of amides is 1. The second-order valence-corrected chi connectivity index (χ2v) is 8.32. The first-order valence-corrected chi connectivity index (χ1v) is 11.2. The van der Waals surface area contributed by atoms with Gasteiger partial charge in [-0.25, -0.2) is 14.2 Å². The molecule has 0 saturated heterocycles. The number of aromatic nitrogens is 1. The Hall–Kier alpha value is -3.55. The molecule has 5 nitrogen and oxygen atoms in total. The van der Waals surface area contributed by atoms with Crippen LogP contribution in [0.15, 0.2) is 84.2 Å². The van der Waals surface area contributed by atoms with Crippen LogP contribution in [0.3, 0.4) is 0 Å². The first-order chi connectivity index (χ1) is 16.0. The van der Waals surface area contributed by atoms with Crippen LogP contribution in [0.2, 0.25) is 5.02 Å². The molecular weight excluding hydrogens is 463 g/mol. The van der Waals surface area contributed by atoms with Crippen LogP contribution in [0.5, 0.6) is 0 Å². The van der Waals surface area contributed by atoms with Crippen LogP contribution in [-0.2, 0) is 16.1 Å². The van der Waals surface area contributed by atoms with Crippen LogP contribution in [0.1, 0.15) is 15.9 Å². The smallest absolute Gasteiger partial charge is 0.341 e. The molecule has 0 N–H and O–H groups in total. The standard InChI is InChI=1S/C25H18ClFN2O3S/c26-19-12-10-18(11-13-19)22-16-33-25(28-22)29(14-17-6-2-1-3-7-17)23(30)15-32-24(31)20-8-4-5-9-21(20)27/h1-13,16H,14-15H2. The molecule has 3 aromatic carbocycles. The summed E-state index contributed by atoms with van der Waals surface area (Å²) in [6, 6.07) is 22.1. The lowest BCUT2D eigenvalue weighted by molar-refractivity contribution is -0.121. The van der Waals surface area contributed by atoms with Gasteiger partial charge in [0.1, 0.15) is 5.82 Å². The number of halogens is 2. The molecule has 4 rings (SSSR count). The number of carbonyl (C=O) groups is 2. The molecule has 8 heteroatoms. The van der Waals surface area contributed by atoms with Crippen LogP contribution in [0, 0.1) is 5.82 Å². The minimum Gasteiger partial charge on any atom is -0.452 e.